The molecule has 6 heteroatoms. The first kappa shape index (κ1) is 15.0. The molecule has 3 atom stereocenters. The topological polar surface area (TPSA) is 62.7 Å². The van der Waals surface area contributed by atoms with Crippen LogP contribution in [0.4, 0.5) is 0 Å². The molecule has 0 aliphatic carbocycles. The third kappa shape index (κ3) is 2.70. The van der Waals surface area contributed by atoms with Crippen LogP contribution in [0.3, 0.4) is 0 Å². The lowest BCUT2D eigenvalue weighted by Gasteiger charge is -2.30. The standard InChI is InChI=1S/C16H21N3O3/c1-18(2)16(21)13-10-14-12(5-8-22-14)19(13)15(20)9-11-3-6-17-7-4-11/h3-4,6-7,12-14H,5,8-10H2,1-2H3/t12-,13?,14-/m0/s1. The van der Waals surface area contributed by atoms with Gasteiger partial charge in [0.1, 0.15) is 6.04 Å². The van der Waals surface area contributed by atoms with Crippen LogP contribution in [0, 0.1) is 0 Å². The summed E-state index contributed by atoms with van der Waals surface area (Å²) in [4.78, 5) is 32.5. The Morgan fingerprint density at radius 2 is 2.09 bits per heavy atom. The van der Waals surface area contributed by atoms with Crippen molar-refractivity contribution in [2.45, 2.75) is 37.5 Å². The summed E-state index contributed by atoms with van der Waals surface area (Å²) in [6.07, 6.45) is 5.05. The summed E-state index contributed by atoms with van der Waals surface area (Å²) in [7, 11) is 3.45. The van der Waals surface area contributed by atoms with E-state index in [4.69, 9.17) is 4.74 Å². The van der Waals surface area contributed by atoms with Gasteiger partial charge in [0.15, 0.2) is 0 Å². The maximum absolute atomic E-state index is 12.8. The van der Waals surface area contributed by atoms with E-state index in [1.165, 1.54) is 0 Å². The van der Waals surface area contributed by atoms with Gasteiger partial charge in [0.2, 0.25) is 11.8 Å². The molecule has 3 heterocycles. The molecule has 2 saturated heterocycles. The fourth-order valence-corrected chi connectivity index (χ4v) is 3.39. The number of nitrogens with zero attached hydrogens (tertiary/aromatic N) is 3. The lowest BCUT2D eigenvalue weighted by Crippen LogP contribution is -2.49. The Bertz CT molecular complexity index is 561. The number of carbonyl (C=O) groups excluding carboxylic acids is 2. The van der Waals surface area contributed by atoms with Crippen LogP contribution in [0.1, 0.15) is 18.4 Å². The summed E-state index contributed by atoms with van der Waals surface area (Å²) in [5.74, 6) is -0.0366. The summed E-state index contributed by atoms with van der Waals surface area (Å²) >= 11 is 0. The molecule has 2 aliphatic heterocycles. The predicted molar refractivity (Wildman–Crippen MR) is 80.0 cm³/mol. The average molecular weight is 303 g/mol. The first-order valence-electron chi connectivity index (χ1n) is 7.60. The van der Waals surface area contributed by atoms with E-state index in [1.807, 2.05) is 12.1 Å². The third-order valence-corrected chi connectivity index (χ3v) is 4.44. The fourth-order valence-electron chi connectivity index (χ4n) is 3.39. The number of likely N-dealkylation sites (N-methyl/N-ethyl adjacent to an activating group) is 1. The monoisotopic (exact) mass is 303 g/mol. The SMILES string of the molecule is CN(C)C(=O)C1C[C@@H]2OCC[C@@H]2N1C(=O)Cc1ccncc1. The van der Waals surface area contributed by atoms with Gasteiger partial charge in [0, 0.05) is 39.5 Å². The second-order valence-corrected chi connectivity index (χ2v) is 6.08. The first-order valence-corrected chi connectivity index (χ1v) is 7.60. The van der Waals surface area contributed by atoms with Gasteiger partial charge < -0.3 is 14.5 Å². The first-order chi connectivity index (χ1) is 10.6. The van der Waals surface area contributed by atoms with Crippen molar-refractivity contribution in [3.8, 4) is 0 Å². The molecule has 2 fully saturated rings. The summed E-state index contributed by atoms with van der Waals surface area (Å²) < 4.78 is 5.69. The molecule has 118 valence electrons. The largest absolute Gasteiger partial charge is 0.376 e. The number of rotatable bonds is 3. The highest BCUT2D eigenvalue weighted by Crippen LogP contribution is 2.34. The Hall–Kier alpha value is -1.95. The van der Waals surface area contributed by atoms with E-state index in [2.05, 4.69) is 4.98 Å². The van der Waals surface area contributed by atoms with Crippen molar-refractivity contribution in [3.63, 3.8) is 0 Å². The van der Waals surface area contributed by atoms with Gasteiger partial charge in [0.05, 0.1) is 18.6 Å². The molecule has 2 amide bonds. The van der Waals surface area contributed by atoms with Crippen LogP contribution in [0.15, 0.2) is 24.5 Å². The normalized spacial score (nSPS) is 26.8. The van der Waals surface area contributed by atoms with Crippen LogP contribution in [0.5, 0.6) is 0 Å². The highest BCUT2D eigenvalue weighted by molar-refractivity contribution is 5.89. The molecular formula is C16H21N3O3. The minimum atomic E-state index is -0.403. The zero-order chi connectivity index (χ0) is 15.7. The van der Waals surface area contributed by atoms with Crippen LogP contribution in [0.25, 0.3) is 0 Å². The number of ether oxygens (including phenoxy) is 1. The molecule has 6 nitrogen and oxygen atoms in total. The number of aromatic nitrogens is 1. The summed E-state index contributed by atoms with van der Waals surface area (Å²) in [6.45, 7) is 0.664. The summed E-state index contributed by atoms with van der Waals surface area (Å²) in [6, 6.07) is 3.29. The third-order valence-electron chi connectivity index (χ3n) is 4.44. The lowest BCUT2D eigenvalue weighted by atomic mass is 10.1. The van der Waals surface area contributed by atoms with Gasteiger partial charge in [-0.2, -0.15) is 0 Å². The van der Waals surface area contributed by atoms with E-state index in [-0.39, 0.29) is 24.0 Å². The molecule has 1 aromatic rings. The van der Waals surface area contributed by atoms with Gasteiger partial charge >= 0.3 is 0 Å². The Morgan fingerprint density at radius 3 is 2.77 bits per heavy atom. The van der Waals surface area contributed by atoms with Crippen molar-refractivity contribution in [3.05, 3.63) is 30.1 Å². The number of hydrogen-bond acceptors (Lipinski definition) is 4. The van der Waals surface area contributed by atoms with E-state index in [0.29, 0.717) is 19.4 Å². The molecule has 3 rings (SSSR count). The average Bonchev–Trinajstić information content (AvgIpc) is 3.07. The van der Waals surface area contributed by atoms with E-state index in [1.54, 1.807) is 36.3 Å². The minimum Gasteiger partial charge on any atom is -0.376 e. The highest BCUT2D eigenvalue weighted by atomic mass is 16.5. The van der Waals surface area contributed by atoms with Crippen molar-refractivity contribution >= 4 is 11.8 Å². The van der Waals surface area contributed by atoms with Gasteiger partial charge in [-0.05, 0) is 24.1 Å². The molecule has 0 bridgehead atoms. The maximum atomic E-state index is 12.8. The second kappa shape index (κ2) is 6.04. The van der Waals surface area contributed by atoms with Crippen LogP contribution in [-0.2, 0) is 20.7 Å². The van der Waals surface area contributed by atoms with Gasteiger partial charge in [-0.25, -0.2) is 0 Å². The maximum Gasteiger partial charge on any atom is 0.244 e. The summed E-state index contributed by atoms with van der Waals surface area (Å²) in [5.41, 5.74) is 0.915. The minimum absolute atomic E-state index is 0.00436. The Morgan fingerprint density at radius 1 is 1.36 bits per heavy atom. The Labute approximate surface area is 130 Å². The van der Waals surface area contributed by atoms with Crippen molar-refractivity contribution in [2.75, 3.05) is 20.7 Å². The molecule has 22 heavy (non-hydrogen) atoms. The van der Waals surface area contributed by atoms with Crippen molar-refractivity contribution < 1.29 is 14.3 Å². The number of likely N-dealkylation sites (tertiary alicyclic amines) is 1. The number of fused-ring (bicyclic) bond motifs is 1. The van der Waals surface area contributed by atoms with E-state index in [0.717, 1.165) is 12.0 Å². The smallest absolute Gasteiger partial charge is 0.244 e. The molecule has 1 aromatic heterocycles. The molecule has 2 aliphatic rings. The van der Waals surface area contributed by atoms with Crippen LogP contribution in [-0.4, -0.2) is 65.5 Å². The number of amides is 2. The zero-order valence-corrected chi connectivity index (χ0v) is 12.9. The molecule has 0 spiro atoms. The molecule has 0 radical (unpaired) electrons. The van der Waals surface area contributed by atoms with Crippen molar-refractivity contribution in [1.29, 1.82) is 0 Å². The molecule has 0 saturated carbocycles. The lowest BCUT2D eigenvalue weighted by molar-refractivity contribution is -0.143. The van der Waals surface area contributed by atoms with Crippen LogP contribution >= 0.6 is 0 Å². The van der Waals surface area contributed by atoms with E-state index < -0.39 is 6.04 Å². The number of carbonyl (C=O) groups is 2. The fraction of sp³-hybridized carbons (Fsp3) is 0.562. The van der Waals surface area contributed by atoms with Gasteiger partial charge in [0.25, 0.3) is 0 Å². The quantitative estimate of drug-likeness (QED) is 0.814. The van der Waals surface area contributed by atoms with Crippen LogP contribution in [0.2, 0.25) is 0 Å². The van der Waals surface area contributed by atoms with Crippen LogP contribution < -0.4 is 0 Å². The number of pyridine rings is 1. The molecule has 0 N–H and O–H groups in total. The van der Waals surface area contributed by atoms with Gasteiger partial charge in [-0.3, -0.25) is 14.6 Å². The Balaban J connectivity index is 1.80. The molecule has 0 aromatic carbocycles. The van der Waals surface area contributed by atoms with Gasteiger partial charge in [-0.1, -0.05) is 0 Å². The van der Waals surface area contributed by atoms with Crippen molar-refractivity contribution in [2.24, 2.45) is 0 Å². The van der Waals surface area contributed by atoms with Crippen molar-refractivity contribution in [1.82, 2.24) is 14.8 Å². The predicted octanol–water partition coefficient (Wildman–Crippen LogP) is 0.471. The second-order valence-electron chi connectivity index (χ2n) is 6.08. The molecular weight excluding hydrogens is 282 g/mol. The number of hydrogen-bond donors (Lipinski definition) is 0. The molecule has 1 unspecified atom stereocenters. The Kier molecular flexibility index (Phi) is 4.11. The van der Waals surface area contributed by atoms with E-state index >= 15 is 0 Å². The van der Waals surface area contributed by atoms with Gasteiger partial charge in [-0.15, -0.1) is 0 Å². The zero-order valence-electron chi connectivity index (χ0n) is 12.9. The highest BCUT2D eigenvalue weighted by Gasteiger charge is 2.49. The summed E-state index contributed by atoms with van der Waals surface area (Å²) in [5, 5.41) is 0. The van der Waals surface area contributed by atoms with E-state index in [9.17, 15) is 9.59 Å².